The summed E-state index contributed by atoms with van der Waals surface area (Å²) < 4.78 is 0. The number of nitrogens with zero attached hydrogens (tertiary/aromatic N) is 1. The van der Waals surface area contributed by atoms with Gasteiger partial charge in [-0.25, -0.2) is 0 Å². The van der Waals surface area contributed by atoms with Gasteiger partial charge in [0.25, 0.3) is 0 Å². The Hall–Kier alpha value is -3.63. The van der Waals surface area contributed by atoms with Crippen LogP contribution in [0.4, 0.5) is 0 Å². The minimum atomic E-state index is -1.000. The zero-order valence-electron chi connectivity index (χ0n) is 18.8. The van der Waals surface area contributed by atoms with Gasteiger partial charge in [-0.3, -0.25) is 10.2 Å². The van der Waals surface area contributed by atoms with Crippen LogP contribution in [-0.4, -0.2) is 11.6 Å². The lowest BCUT2D eigenvalue weighted by Gasteiger charge is -2.10. The molecule has 0 spiro atoms. The van der Waals surface area contributed by atoms with Gasteiger partial charge in [0, 0.05) is 10.2 Å². The van der Waals surface area contributed by atoms with E-state index >= 15 is 0 Å². The Bertz CT molecular complexity index is 1130. The molecule has 0 aliphatic rings. The summed E-state index contributed by atoms with van der Waals surface area (Å²) in [4.78, 5) is 19.0. The minimum absolute atomic E-state index is 0.324. The Morgan fingerprint density at radius 2 is 1.48 bits per heavy atom. The summed E-state index contributed by atoms with van der Waals surface area (Å²) in [5, 5.41) is 9.18. The fraction of sp³-hybridized carbons (Fsp3) is 0.143. The Balaban J connectivity index is 0.000000479. The summed E-state index contributed by atoms with van der Waals surface area (Å²) in [6, 6.07) is 27.1. The summed E-state index contributed by atoms with van der Waals surface area (Å²) >= 11 is 5.99. The number of halogens is 1. The number of rotatable bonds is 7. The van der Waals surface area contributed by atoms with E-state index in [1.54, 1.807) is 0 Å². The average Bonchev–Trinajstić information content (AvgIpc) is 2.84. The Morgan fingerprint density at radius 3 is 1.97 bits per heavy atom. The van der Waals surface area contributed by atoms with Crippen molar-refractivity contribution in [3.05, 3.63) is 113 Å². The maximum atomic E-state index is 9.81. The topological polar surface area (TPSA) is 70.3 Å². The molecule has 0 aliphatic carbocycles. The summed E-state index contributed by atoms with van der Waals surface area (Å²) in [6.45, 7) is 7.67. The van der Waals surface area contributed by atoms with Crippen LogP contribution in [0.2, 0.25) is 5.02 Å². The third-order valence-electron chi connectivity index (χ3n) is 4.85. The van der Waals surface area contributed by atoms with Gasteiger partial charge in [-0.05, 0) is 58.9 Å². The highest BCUT2D eigenvalue weighted by Crippen LogP contribution is 2.28. The van der Waals surface area contributed by atoms with Gasteiger partial charge in [-0.1, -0.05) is 104 Å². The number of nitrogens with one attached hydrogen (secondary N) is 1. The van der Waals surface area contributed by atoms with E-state index in [-0.39, 0.29) is 5.71 Å². The molecule has 0 saturated heterocycles. The molecule has 1 N–H and O–H groups in total. The van der Waals surface area contributed by atoms with Gasteiger partial charge < -0.3 is 0 Å². The summed E-state index contributed by atoms with van der Waals surface area (Å²) in [5.41, 5.74) is 6.83. The van der Waals surface area contributed by atoms with Gasteiger partial charge in [0.15, 0.2) is 0 Å². The number of hydrogen-bond donors (Lipinski definition) is 1. The Labute approximate surface area is 200 Å². The predicted molar refractivity (Wildman–Crippen MR) is 139 cm³/mol. The monoisotopic (exact) mass is 458 g/mol. The average molecular weight is 459 g/mol. The molecule has 0 fully saturated rings. The summed E-state index contributed by atoms with van der Waals surface area (Å²) in [7, 11) is 0. The van der Waals surface area contributed by atoms with E-state index in [9.17, 15) is 9.70 Å². The number of carbonyl (C=O) groups excluding carboxylic acids is 1. The van der Waals surface area contributed by atoms with E-state index in [2.05, 4.69) is 68.1 Å². The van der Waals surface area contributed by atoms with Crippen molar-refractivity contribution in [3.8, 4) is 11.1 Å². The Morgan fingerprint density at radius 1 is 0.939 bits per heavy atom. The fourth-order valence-electron chi connectivity index (χ4n) is 3.10. The van der Waals surface area contributed by atoms with Gasteiger partial charge in [0.2, 0.25) is 0 Å². The number of benzene rings is 3. The van der Waals surface area contributed by atoms with Crippen LogP contribution in [0.5, 0.6) is 0 Å². The van der Waals surface area contributed by atoms with E-state index in [1.165, 1.54) is 29.2 Å². The van der Waals surface area contributed by atoms with Crippen LogP contribution in [-0.2, 0) is 4.79 Å². The molecule has 3 rings (SSSR count). The first-order chi connectivity index (χ1) is 15.8. The highest BCUT2D eigenvalue weighted by Gasteiger charge is 2.05. The van der Waals surface area contributed by atoms with Gasteiger partial charge >= 0.3 is 5.91 Å². The number of allylic oxidation sites excluding steroid dienone is 3. The lowest BCUT2D eigenvalue weighted by atomic mass is 9.95. The second-order valence-corrected chi connectivity index (χ2v) is 7.85. The molecule has 33 heavy (non-hydrogen) atoms. The number of carbonyl (C=O) groups is 1. The van der Waals surface area contributed by atoms with Crippen LogP contribution in [0.3, 0.4) is 0 Å². The SMILES string of the molecule is C=C(/C=C(\CCC)c1ccc(-c2ccccc2)cc1)c1ccc(Cl)cc1.CC(=N)C(=O)N=O. The molecule has 0 heterocycles. The molecule has 0 unspecified atom stereocenters. The quantitative estimate of drug-likeness (QED) is 0.220. The first kappa shape index (κ1) is 25.6. The molecular formula is C28H27ClN2O2. The molecule has 0 saturated carbocycles. The molecule has 0 aliphatic heterocycles. The predicted octanol–water partition coefficient (Wildman–Crippen LogP) is 8.22. The minimum Gasteiger partial charge on any atom is -0.300 e. The molecule has 4 nitrogen and oxygen atoms in total. The van der Waals surface area contributed by atoms with Crippen molar-refractivity contribution >= 4 is 34.4 Å². The first-order valence-electron chi connectivity index (χ1n) is 10.6. The van der Waals surface area contributed by atoms with E-state index in [0.29, 0.717) is 0 Å². The lowest BCUT2D eigenvalue weighted by molar-refractivity contribution is -0.112. The smallest absolute Gasteiger partial charge is 0.300 e. The molecule has 5 heteroatoms. The van der Waals surface area contributed by atoms with Crippen molar-refractivity contribution in [2.45, 2.75) is 26.7 Å². The standard InChI is InChI=1S/C25H23Cl.C3H4N2O2/c1-3-7-24(18-19(2)20-14-16-25(26)17-15-20)23-12-10-22(11-13-23)21-8-5-4-6-9-21;1-2(4)3(6)5-7/h4-6,8-18H,2-3,7H2,1H3;4H,1H3/b24-18+;. The van der Waals surface area contributed by atoms with Crippen molar-refractivity contribution in [3.63, 3.8) is 0 Å². The van der Waals surface area contributed by atoms with Crippen molar-refractivity contribution in [2.75, 3.05) is 0 Å². The molecule has 0 atom stereocenters. The second kappa shape index (κ2) is 13.0. The van der Waals surface area contributed by atoms with Crippen LogP contribution >= 0.6 is 11.6 Å². The second-order valence-electron chi connectivity index (χ2n) is 7.42. The fourth-order valence-corrected chi connectivity index (χ4v) is 3.23. The van der Waals surface area contributed by atoms with Crippen LogP contribution in [0.1, 0.15) is 37.8 Å². The van der Waals surface area contributed by atoms with E-state index in [1.807, 2.05) is 35.5 Å². The third-order valence-corrected chi connectivity index (χ3v) is 5.10. The molecule has 168 valence electrons. The van der Waals surface area contributed by atoms with Crippen molar-refractivity contribution in [2.24, 2.45) is 5.18 Å². The zero-order chi connectivity index (χ0) is 24.2. The van der Waals surface area contributed by atoms with Gasteiger partial charge in [0.1, 0.15) is 0 Å². The van der Waals surface area contributed by atoms with Crippen molar-refractivity contribution in [1.82, 2.24) is 0 Å². The van der Waals surface area contributed by atoms with Crippen LogP contribution < -0.4 is 0 Å². The Kier molecular flexibility index (Phi) is 10.1. The van der Waals surface area contributed by atoms with Gasteiger partial charge in [0.05, 0.1) is 5.71 Å². The van der Waals surface area contributed by atoms with E-state index in [0.717, 1.165) is 29.0 Å². The molecule has 0 aromatic heterocycles. The normalized spacial score (nSPS) is 10.6. The molecule has 0 bridgehead atoms. The van der Waals surface area contributed by atoms with E-state index < -0.39 is 5.91 Å². The van der Waals surface area contributed by atoms with Crippen molar-refractivity contribution in [1.29, 1.82) is 5.41 Å². The molecule has 1 amide bonds. The summed E-state index contributed by atoms with van der Waals surface area (Å²) in [5.74, 6) is -1.000. The highest BCUT2D eigenvalue weighted by molar-refractivity contribution is 6.36. The van der Waals surface area contributed by atoms with Crippen LogP contribution in [0.25, 0.3) is 22.3 Å². The molecule has 0 radical (unpaired) electrons. The maximum absolute atomic E-state index is 9.81. The van der Waals surface area contributed by atoms with Crippen molar-refractivity contribution < 1.29 is 4.79 Å². The van der Waals surface area contributed by atoms with Gasteiger partial charge in [-0.15, -0.1) is 4.91 Å². The number of amides is 1. The molecule has 3 aromatic carbocycles. The zero-order valence-corrected chi connectivity index (χ0v) is 19.6. The van der Waals surface area contributed by atoms with E-state index in [4.69, 9.17) is 17.0 Å². The third kappa shape index (κ3) is 8.09. The van der Waals surface area contributed by atoms with Gasteiger partial charge in [-0.2, -0.15) is 0 Å². The largest absolute Gasteiger partial charge is 0.329 e. The first-order valence-corrected chi connectivity index (χ1v) is 11.0. The van der Waals surface area contributed by atoms with Crippen LogP contribution in [0, 0.1) is 10.3 Å². The highest BCUT2D eigenvalue weighted by atomic mass is 35.5. The lowest BCUT2D eigenvalue weighted by Crippen LogP contribution is -2.02. The number of nitroso groups, excluding NO2 is 1. The summed E-state index contributed by atoms with van der Waals surface area (Å²) in [6.07, 6.45) is 4.32. The molecular weight excluding hydrogens is 432 g/mol. The number of hydrogen-bond acceptors (Lipinski definition) is 3. The maximum Gasteiger partial charge on any atom is 0.329 e. The molecule has 3 aromatic rings. The van der Waals surface area contributed by atoms with Crippen LogP contribution in [0.15, 0.2) is 96.7 Å².